The van der Waals surface area contributed by atoms with Crippen LogP contribution < -0.4 is 27.0 Å². The van der Waals surface area contributed by atoms with Crippen molar-refractivity contribution in [1.82, 2.24) is 15.3 Å². The first-order valence-electron chi connectivity index (χ1n) is 10.5. The molecule has 2 aliphatic rings. The Bertz CT molecular complexity index is 943. The monoisotopic (exact) mass is 444 g/mol. The predicted octanol–water partition coefficient (Wildman–Crippen LogP) is 2.61. The number of hydrogen-bond donors (Lipinski definition) is 5. The molecular weight excluding hydrogens is 416 g/mol. The van der Waals surface area contributed by atoms with E-state index >= 15 is 0 Å². The number of primary amides is 1. The number of amides is 1. The number of fused-ring (bicyclic) bond motifs is 1. The molecule has 0 saturated carbocycles. The quantitative estimate of drug-likeness (QED) is 0.479. The van der Waals surface area contributed by atoms with E-state index in [4.69, 9.17) is 22.3 Å². The standard InChI is InChI=1S/C19H23ClN8O.C2H6/c20-13-3-1-2-12(8-13)9-23-17-19(4-6-22-7-5-19)28-14-10-24-18(25-11-15(21)29)27-16(14)26-17;1-2/h1-3,8,10,22,28H,4-7,9,11H2,(H2,21,29)(H2,23,24,25,26,27);1-2H3. The number of nitrogens with zero attached hydrogens (tertiary/aromatic N) is 3. The first-order chi connectivity index (χ1) is 15.0. The number of aliphatic imine (C=N–C) groups is 1. The second-order valence-corrected chi connectivity index (χ2v) is 7.59. The minimum atomic E-state index is -0.477. The normalized spacial score (nSPS) is 17.6. The molecule has 2 aromatic rings. The molecule has 1 aromatic carbocycles. The lowest BCUT2D eigenvalue weighted by atomic mass is 9.85. The van der Waals surface area contributed by atoms with Crippen molar-refractivity contribution in [3.63, 3.8) is 0 Å². The van der Waals surface area contributed by atoms with Crippen molar-refractivity contribution in [2.75, 3.05) is 35.6 Å². The van der Waals surface area contributed by atoms with Crippen molar-refractivity contribution < 1.29 is 4.79 Å². The molecule has 9 nitrogen and oxygen atoms in total. The van der Waals surface area contributed by atoms with E-state index in [0.717, 1.165) is 43.0 Å². The van der Waals surface area contributed by atoms with Crippen LogP contribution in [0.5, 0.6) is 0 Å². The Morgan fingerprint density at radius 2 is 2.10 bits per heavy atom. The van der Waals surface area contributed by atoms with Gasteiger partial charge in [-0.25, -0.2) is 4.98 Å². The van der Waals surface area contributed by atoms with Crippen LogP contribution in [-0.4, -0.2) is 46.9 Å². The van der Waals surface area contributed by atoms with Gasteiger partial charge in [-0.3, -0.25) is 9.79 Å². The highest BCUT2D eigenvalue weighted by Crippen LogP contribution is 2.35. The molecule has 0 atom stereocenters. The SMILES string of the molecule is CC.NC(=O)CNc1ncc2c(n1)NC(=NCc1cccc(Cl)c1)C1(CCNCC1)N2. The molecule has 166 valence electrons. The molecule has 0 unspecified atom stereocenters. The molecule has 31 heavy (non-hydrogen) atoms. The minimum Gasteiger partial charge on any atom is -0.368 e. The topological polar surface area (TPSA) is 129 Å². The summed E-state index contributed by atoms with van der Waals surface area (Å²) in [4.78, 5) is 24.6. The van der Waals surface area contributed by atoms with Gasteiger partial charge >= 0.3 is 0 Å². The maximum absolute atomic E-state index is 11.0. The second-order valence-electron chi connectivity index (χ2n) is 7.15. The van der Waals surface area contributed by atoms with Crippen LogP contribution >= 0.6 is 11.6 Å². The first kappa shape index (κ1) is 22.8. The molecule has 1 spiro atoms. The smallest absolute Gasteiger partial charge is 0.236 e. The summed E-state index contributed by atoms with van der Waals surface area (Å²) in [5.41, 5.74) is 6.72. The van der Waals surface area contributed by atoms with Crippen LogP contribution in [-0.2, 0) is 11.3 Å². The molecule has 2 aliphatic heterocycles. The third-order valence-electron chi connectivity index (χ3n) is 5.04. The van der Waals surface area contributed by atoms with Crippen LogP contribution in [0.15, 0.2) is 35.5 Å². The maximum Gasteiger partial charge on any atom is 0.236 e. The van der Waals surface area contributed by atoms with Gasteiger partial charge in [0.05, 0.1) is 30.5 Å². The maximum atomic E-state index is 11.0. The summed E-state index contributed by atoms with van der Waals surface area (Å²) in [6.45, 7) is 6.25. The average Bonchev–Trinajstić information content (AvgIpc) is 2.78. The number of carbonyl (C=O) groups is 1. The van der Waals surface area contributed by atoms with Crippen LogP contribution in [0, 0.1) is 0 Å². The molecule has 0 bridgehead atoms. The van der Waals surface area contributed by atoms with E-state index in [2.05, 4.69) is 31.2 Å². The minimum absolute atomic E-state index is 0.0302. The average molecular weight is 445 g/mol. The van der Waals surface area contributed by atoms with Gasteiger partial charge in [0, 0.05) is 5.02 Å². The molecular formula is C21H29ClN8O. The Balaban J connectivity index is 0.00000132. The van der Waals surface area contributed by atoms with Gasteiger partial charge in [0.15, 0.2) is 5.82 Å². The summed E-state index contributed by atoms with van der Waals surface area (Å²) >= 11 is 6.10. The van der Waals surface area contributed by atoms with Gasteiger partial charge in [0.1, 0.15) is 5.84 Å². The molecule has 1 aromatic heterocycles. The summed E-state index contributed by atoms with van der Waals surface area (Å²) in [5, 5.41) is 13.9. The third kappa shape index (κ3) is 5.62. The number of halogens is 1. The van der Waals surface area contributed by atoms with Crippen LogP contribution in [0.3, 0.4) is 0 Å². The van der Waals surface area contributed by atoms with E-state index < -0.39 is 5.91 Å². The fourth-order valence-corrected chi connectivity index (χ4v) is 3.79. The van der Waals surface area contributed by atoms with Gasteiger partial charge in [0.25, 0.3) is 0 Å². The van der Waals surface area contributed by atoms with E-state index in [0.29, 0.717) is 23.3 Å². The summed E-state index contributed by atoms with van der Waals surface area (Å²) in [6.07, 6.45) is 3.47. The molecule has 1 saturated heterocycles. The van der Waals surface area contributed by atoms with Crippen molar-refractivity contribution >= 4 is 40.8 Å². The van der Waals surface area contributed by atoms with Crippen LogP contribution in [0.1, 0.15) is 32.3 Å². The predicted molar refractivity (Wildman–Crippen MR) is 126 cm³/mol. The Hall–Kier alpha value is -2.91. The Kier molecular flexibility index (Phi) is 7.64. The number of hydrogen-bond acceptors (Lipinski definition) is 7. The molecule has 0 radical (unpaired) electrons. The Morgan fingerprint density at radius 1 is 1.32 bits per heavy atom. The lowest BCUT2D eigenvalue weighted by molar-refractivity contribution is -0.116. The zero-order chi connectivity index (χ0) is 22.3. The number of benzene rings is 1. The molecule has 3 heterocycles. The Labute approximate surface area is 187 Å². The largest absolute Gasteiger partial charge is 0.368 e. The summed E-state index contributed by atoms with van der Waals surface area (Å²) < 4.78 is 0. The fraction of sp³-hybridized carbons (Fsp3) is 0.429. The van der Waals surface area contributed by atoms with Crippen molar-refractivity contribution in [2.45, 2.75) is 38.8 Å². The number of piperidine rings is 1. The van der Waals surface area contributed by atoms with E-state index in [-0.39, 0.29) is 12.1 Å². The molecule has 4 rings (SSSR count). The molecule has 1 amide bonds. The van der Waals surface area contributed by atoms with Crippen molar-refractivity contribution in [2.24, 2.45) is 10.7 Å². The zero-order valence-electron chi connectivity index (χ0n) is 17.8. The second kappa shape index (κ2) is 10.4. The summed E-state index contributed by atoms with van der Waals surface area (Å²) in [5.74, 6) is 1.30. The number of aromatic nitrogens is 2. The highest BCUT2D eigenvalue weighted by Gasteiger charge is 2.41. The lowest BCUT2D eigenvalue weighted by Gasteiger charge is -2.43. The molecule has 10 heteroatoms. The van der Waals surface area contributed by atoms with Gasteiger partial charge < -0.3 is 27.0 Å². The zero-order valence-corrected chi connectivity index (χ0v) is 18.6. The van der Waals surface area contributed by atoms with Gasteiger partial charge in [-0.2, -0.15) is 4.98 Å². The van der Waals surface area contributed by atoms with E-state index in [1.165, 1.54) is 0 Å². The van der Waals surface area contributed by atoms with Crippen LogP contribution in [0.25, 0.3) is 0 Å². The van der Waals surface area contributed by atoms with E-state index in [1.54, 1.807) is 6.20 Å². The number of nitrogens with one attached hydrogen (secondary N) is 4. The van der Waals surface area contributed by atoms with Gasteiger partial charge in [-0.05, 0) is 43.6 Å². The number of carbonyl (C=O) groups excluding carboxylic acids is 1. The molecule has 1 fully saturated rings. The van der Waals surface area contributed by atoms with Crippen molar-refractivity contribution in [1.29, 1.82) is 0 Å². The van der Waals surface area contributed by atoms with E-state index in [9.17, 15) is 4.79 Å². The Morgan fingerprint density at radius 3 is 2.81 bits per heavy atom. The van der Waals surface area contributed by atoms with Crippen molar-refractivity contribution in [3.8, 4) is 0 Å². The lowest BCUT2D eigenvalue weighted by Crippen LogP contribution is -2.58. The van der Waals surface area contributed by atoms with Crippen molar-refractivity contribution in [3.05, 3.63) is 41.0 Å². The highest BCUT2D eigenvalue weighted by atomic mass is 35.5. The van der Waals surface area contributed by atoms with Gasteiger partial charge in [-0.15, -0.1) is 0 Å². The molecule has 0 aliphatic carbocycles. The van der Waals surface area contributed by atoms with E-state index in [1.807, 2.05) is 38.1 Å². The van der Waals surface area contributed by atoms with Crippen LogP contribution in [0.4, 0.5) is 17.5 Å². The summed E-state index contributed by atoms with van der Waals surface area (Å²) in [7, 11) is 0. The summed E-state index contributed by atoms with van der Waals surface area (Å²) in [6, 6.07) is 7.69. The highest BCUT2D eigenvalue weighted by molar-refractivity contribution is 6.30. The molecule has 6 N–H and O–H groups in total. The third-order valence-corrected chi connectivity index (χ3v) is 5.27. The van der Waals surface area contributed by atoms with Gasteiger partial charge in [-0.1, -0.05) is 37.6 Å². The van der Waals surface area contributed by atoms with Crippen LogP contribution in [0.2, 0.25) is 5.02 Å². The number of anilines is 3. The number of nitrogens with two attached hydrogens (primary N) is 1. The first-order valence-corrected chi connectivity index (χ1v) is 10.9. The fourth-order valence-electron chi connectivity index (χ4n) is 3.58. The number of rotatable bonds is 5. The van der Waals surface area contributed by atoms with Gasteiger partial charge in [0.2, 0.25) is 11.9 Å². The number of amidine groups is 1.